The first kappa shape index (κ1) is 15.8. The molecule has 4 nitrogen and oxygen atoms in total. The molecule has 0 bridgehead atoms. The van der Waals surface area contributed by atoms with Gasteiger partial charge in [-0.15, -0.1) is 0 Å². The van der Waals surface area contributed by atoms with Crippen molar-refractivity contribution in [2.24, 2.45) is 10.7 Å². The van der Waals surface area contributed by atoms with Crippen molar-refractivity contribution >= 4 is 23.5 Å². The van der Waals surface area contributed by atoms with Gasteiger partial charge in [-0.2, -0.15) is 0 Å². The van der Waals surface area contributed by atoms with Crippen molar-refractivity contribution in [3.63, 3.8) is 0 Å². The third-order valence-corrected chi connectivity index (χ3v) is 4.91. The molecule has 5 heteroatoms. The molecule has 1 aromatic carbocycles. The Bertz CT molecular complexity index is 738. The van der Waals surface area contributed by atoms with Crippen molar-refractivity contribution in [2.75, 3.05) is 7.05 Å². The van der Waals surface area contributed by atoms with Crippen LogP contribution in [0.3, 0.4) is 0 Å². The zero-order valence-electron chi connectivity index (χ0n) is 13.3. The van der Waals surface area contributed by atoms with E-state index in [1.165, 1.54) is 4.90 Å². The van der Waals surface area contributed by atoms with Gasteiger partial charge in [-0.05, 0) is 30.5 Å². The topological polar surface area (TPSA) is 58.7 Å². The highest BCUT2D eigenvalue weighted by Gasteiger charge is 2.37. The highest BCUT2D eigenvalue weighted by atomic mass is 35.5. The van der Waals surface area contributed by atoms with Gasteiger partial charge in [-0.3, -0.25) is 9.69 Å². The molecule has 1 aliphatic heterocycles. The van der Waals surface area contributed by atoms with Crippen LogP contribution in [-0.4, -0.2) is 29.4 Å². The number of allylic oxidation sites excluding steroid dienone is 2. The number of benzene rings is 1. The van der Waals surface area contributed by atoms with Gasteiger partial charge in [0.15, 0.2) is 5.96 Å². The smallest absolute Gasteiger partial charge is 0.231 e. The van der Waals surface area contributed by atoms with Gasteiger partial charge in [-0.25, -0.2) is 4.99 Å². The fourth-order valence-electron chi connectivity index (χ4n) is 3.11. The number of hydrogen-bond acceptors (Lipinski definition) is 3. The second-order valence-electron chi connectivity index (χ2n) is 6.26. The number of carbonyl (C=O) groups is 1. The zero-order chi connectivity index (χ0) is 16.6. The Kier molecular flexibility index (Phi) is 4.02. The maximum Gasteiger partial charge on any atom is 0.231 e. The molecule has 3 rings (SSSR count). The van der Waals surface area contributed by atoms with Gasteiger partial charge >= 0.3 is 0 Å². The summed E-state index contributed by atoms with van der Waals surface area (Å²) in [6, 6.07) is 7.86. The summed E-state index contributed by atoms with van der Waals surface area (Å²) < 4.78 is 0. The van der Waals surface area contributed by atoms with Crippen LogP contribution in [0.25, 0.3) is 0 Å². The van der Waals surface area contributed by atoms with E-state index in [4.69, 9.17) is 17.3 Å². The molecule has 1 heterocycles. The molecule has 1 amide bonds. The quantitative estimate of drug-likeness (QED) is 0.905. The van der Waals surface area contributed by atoms with E-state index >= 15 is 0 Å². The zero-order valence-corrected chi connectivity index (χ0v) is 14.0. The molecule has 120 valence electrons. The second kappa shape index (κ2) is 5.85. The normalized spacial score (nSPS) is 27.7. The molecule has 1 aliphatic carbocycles. The standard InChI is InChI=1S/C18H20ClN3O/c1-18(11-16(23)22(2)17(20)21-18)13-7-5-6-12(10-13)14-8-3-4-9-15(14)19/h3-5,7-10,12H,6,11H2,1-2H3,(H2,20,21). The van der Waals surface area contributed by atoms with Crippen molar-refractivity contribution in [3.05, 3.63) is 58.7 Å². The number of nitrogens with zero attached hydrogens (tertiary/aromatic N) is 2. The van der Waals surface area contributed by atoms with Crippen LogP contribution in [0.2, 0.25) is 5.02 Å². The Morgan fingerprint density at radius 1 is 1.39 bits per heavy atom. The summed E-state index contributed by atoms with van der Waals surface area (Å²) in [5.41, 5.74) is 7.39. The summed E-state index contributed by atoms with van der Waals surface area (Å²) in [5, 5.41) is 0.760. The van der Waals surface area contributed by atoms with Crippen LogP contribution in [0.15, 0.2) is 53.1 Å². The van der Waals surface area contributed by atoms with Crippen molar-refractivity contribution < 1.29 is 4.79 Å². The fourth-order valence-corrected chi connectivity index (χ4v) is 3.38. The minimum atomic E-state index is -0.621. The SMILES string of the molecule is CN1C(=O)CC(C)(C2=CC(c3ccccc3Cl)CC=C2)N=C1N. The molecule has 0 radical (unpaired) electrons. The van der Waals surface area contributed by atoms with Crippen molar-refractivity contribution in [2.45, 2.75) is 31.2 Å². The first-order valence-electron chi connectivity index (χ1n) is 7.66. The van der Waals surface area contributed by atoms with Gasteiger partial charge < -0.3 is 5.73 Å². The molecular weight excluding hydrogens is 310 g/mol. The minimum absolute atomic E-state index is 0.0193. The van der Waals surface area contributed by atoms with E-state index in [-0.39, 0.29) is 17.8 Å². The Balaban J connectivity index is 1.98. The van der Waals surface area contributed by atoms with Gasteiger partial charge in [0.25, 0.3) is 0 Å². The third-order valence-electron chi connectivity index (χ3n) is 4.57. The van der Waals surface area contributed by atoms with E-state index in [1.54, 1.807) is 7.05 Å². The second-order valence-corrected chi connectivity index (χ2v) is 6.67. The maximum atomic E-state index is 12.2. The monoisotopic (exact) mass is 329 g/mol. The van der Waals surface area contributed by atoms with Crippen molar-refractivity contribution in [1.29, 1.82) is 0 Å². The summed E-state index contributed by atoms with van der Waals surface area (Å²) in [6.07, 6.45) is 7.52. The van der Waals surface area contributed by atoms with Gasteiger partial charge in [0.2, 0.25) is 5.91 Å². The van der Waals surface area contributed by atoms with Gasteiger partial charge in [0, 0.05) is 18.0 Å². The van der Waals surface area contributed by atoms with Gasteiger partial charge in [0.1, 0.15) is 0 Å². The summed E-state index contributed by atoms with van der Waals surface area (Å²) in [4.78, 5) is 18.1. The third kappa shape index (κ3) is 2.91. The molecule has 2 aliphatic rings. The van der Waals surface area contributed by atoms with E-state index in [0.717, 1.165) is 22.6 Å². The number of nitrogens with two attached hydrogens (primary N) is 1. The average Bonchev–Trinajstić information content (AvgIpc) is 2.53. The van der Waals surface area contributed by atoms with E-state index in [0.29, 0.717) is 6.42 Å². The van der Waals surface area contributed by atoms with Gasteiger partial charge in [-0.1, -0.05) is 48.0 Å². The van der Waals surface area contributed by atoms with Crippen LogP contribution >= 0.6 is 11.6 Å². The molecule has 0 spiro atoms. The van der Waals surface area contributed by atoms with Crippen LogP contribution in [0.4, 0.5) is 0 Å². The van der Waals surface area contributed by atoms with E-state index in [2.05, 4.69) is 17.1 Å². The molecule has 2 N–H and O–H groups in total. The predicted octanol–water partition coefficient (Wildman–Crippen LogP) is 3.25. The lowest BCUT2D eigenvalue weighted by Gasteiger charge is -2.35. The molecule has 1 aromatic rings. The van der Waals surface area contributed by atoms with Crippen LogP contribution in [0.5, 0.6) is 0 Å². The number of hydrogen-bond donors (Lipinski definition) is 1. The number of rotatable bonds is 2. The number of halogens is 1. The lowest BCUT2D eigenvalue weighted by molar-refractivity contribution is -0.128. The van der Waals surface area contributed by atoms with Crippen LogP contribution < -0.4 is 5.73 Å². The van der Waals surface area contributed by atoms with Crippen LogP contribution in [0, 0.1) is 0 Å². The largest absolute Gasteiger partial charge is 0.369 e. The molecule has 23 heavy (non-hydrogen) atoms. The molecule has 2 atom stereocenters. The predicted molar refractivity (Wildman–Crippen MR) is 93.4 cm³/mol. The summed E-state index contributed by atoms with van der Waals surface area (Å²) in [6.45, 7) is 1.95. The van der Waals surface area contributed by atoms with Crippen molar-refractivity contribution in [3.8, 4) is 0 Å². The summed E-state index contributed by atoms with van der Waals surface area (Å²) >= 11 is 6.33. The van der Waals surface area contributed by atoms with Gasteiger partial charge in [0.05, 0.1) is 12.0 Å². The van der Waals surface area contributed by atoms with Crippen molar-refractivity contribution in [1.82, 2.24) is 4.90 Å². The fraction of sp³-hybridized carbons (Fsp3) is 0.333. The molecule has 0 aromatic heterocycles. The molecule has 0 saturated heterocycles. The summed E-state index contributed by atoms with van der Waals surface area (Å²) in [7, 11) is 1.65. The van der Waals surface area contributed by atoms with E-state index in [9.17, 15) is 4.79 Å². The molecule has 0 fully saturated rings. The minimum Gasteiger partial charge on any atom is -0.369 e. The number of aliphatic imine (C=N–C) groups is 1. The van der Waals surface area contributed by atoms with Crippen LogP contribution in [0.1, 0.15) is 31.2 Å². The average molecular weight is 330 g/mol. The Morgan fingerprint density at radius 3 is 2.83 bits per heavy atom. The van der Waals surface area contributed by atoms with Crippen LogP contribution in [-0.2, 0) is 4.79 Å². The van der Waals surface area contributed by atoms with E-state index < -0.39 is 5.54 Å². The Labute approximate surface area is 141 Å². The number of carbonyl (C=O) groups excluding carboxylic acids is 1. The Morgan fingerprint density at radius 2 is 2.13 bits per heavy atom. The first-order valence-corrected chi connectivity index (χ1v) is 8.04. The summed E-state index contributed by atoms with van der Waals surface area (Å²) in [5.74, 6) is 0.429. The molecular formula is C18H20ClN3O. The number of amides is 1. The highest BCUT2D eigenvalue weighted by Crippen LogP contribution is 2.38. The number of guanidine groups is 1. The maximum absolute atomic E-state index is 12.2. The Hall–Kier alpha value is -2.07. The molecule has 2 unspecified atom stereocenters. The molecule has 0 saturated carbocycles. The van der Waals surface area contributed by atoms with E-state index in [1.807, 2.05) is 37.3 Å². The lowest BCUT2D eigenvalue weighted by Crippen LogP contribution is -2.49. The first-order chi connectivity index (χ1) is 10.9. The lowest BCUT2D eigenvalue weighted by atomic mass is 9.80. The highest BCUT2D eigenvalue weighted by molar-refractivity contribution is 6.31.